The Kier molecular flexibility index (Phi) is 5.00. The zero-order valence-corrected chi connectivity index (χ0v) is 11.1. The number of benzene rings is 1. The molecule has 0 radical (unpaired) electrons. The van der Waals surface area contributed by atoms with Crippen LogP contribution in [0.2, 0.25) is 0 Å². The van der Waals surface area contributed by atoms with Gasteiger partial charge in [0, 0.05) is 18.4 Å². The summed E-state index contributed by atoms with van der Waals surface area (Å²) in [5, 5.41) is 2.86. The Morgan fingerprint density at radius 3 is 2.47 bits per heavy atom. The van der Waals surface area contributed by atoms with Crippen LogP contribution in [0.4, 0.5) is 4.39 Å². The maximum Gasteiger partial charge on any atom is 0.220 e. The molecule has 2 nitrogen and oxygen atoms in total. The quantitative estimate of drug-likeness (QED) is 0.778. The van der Waals surface area contributed by atoms with Crippen molar-refractivity contribution in [2.24, 2.45) is 0 Å². The highest BCUT2D eigenvalue weighted by molar-refractivity contribution is 7.80. The molecule has 94 valence electrons. The van der Waals surface area contributed by atoms with Crippen LogP contribution in [0, 0.1) is 5.82 Å². The summed E-state index contributed by atoms with van der Waals surface area (Å²) >= 11 is 4.00. The van der Waals surface area contributed by atoms with Crippen molar-refractivity contribution in [1.82, 2.24) is 5.32 Å². The summed E-state index contributed by atoms with van der Waals surface area (Å²) < 4.78 is 12.8. The van der Waals surface area contributed by atoms with E-state index < -0.39 is 0 Å². The Balaban J connectivity index is 2.61. The lowest BCUT2D eigenvalue weighted by Gasteiger charge is -2.25. The fourth-order valence-corrected chi connectivity index (χ4v) is 1.72. The fourth-order valence-electron chi connectivity index (χ4n) is 1.51. The predicted octanol–water partition coefficient (Wildman–Crippen LogP) is 2.54. The monoisotopic (exact) mass is 255 g/mol. The SMILES string of the molecule is CC(C)(CNC(=O)CCS)c1ccc(F)cc1. The molecule has 1 rings (SSSR count). The first-order valence-electron chi connectivity index (χ1n) is 5.59. The lowest BCUT2D eigenvalue weighted by molar-refractivity contribution is -0.120. The van der Waals surface area contributed by atoms with Gasteiger partial charge in [0.15, 0.2) is 0 Å². The summed E-state index contributed by atoms with van der Waals surface area (Å²) in [5.41, 5.74) is 0.796. The molecule has 0 saturated heterocycles. The molecule has 0 heterocycles. The zero-order valence-electron chi connectivity index (χ0n) is 10.2. The molecular formula is C13H18FNOS. The predicted molar refractivity (Wildman–Crippen MR) is 70.9 cm³/mol. The van der Waals surface area contributed by atoms with Crippen molar-refractivity contribution in [3.8, 4) is 0 Å². The van der Waals surface area contributed by atoms with E-state index in [1.807, 2.05) is 13.8 Å². The van der Waals surface area contributed by atoms with Crippen molar-refractivity contribution < 1.29 is 9.18 Å². The van der Waals surface area contributed by atoms with E-state index in [0.29, 0.717) is 18.7 Å². The Labute approximate surface area is 107 Å². The number of thiol groups is 1. The van der Waals surface area contributed by atoms with E-state index in [1.54, 1.807) is 12.1 Å². The van der Waals surface area contributed by atoms with Crippen LogP contribution in [0.1, 0.15) is 25.8 Å². The third-order valence-electron chi connectivity index (χ3n) is 2.69. The molecule has 0 spiro atoms. The van der Waals surface area contributed by atoms with E-state index in [-0.39, 0.29) is 17.1 Å². The largest absolute Gasteiger partial charge is 0.355 e. The third kappa shape index (κ3) is 4.38. The second-order valence-corrected chi connectivity index (χ2v) is 5.09. The Morgan fingerprint density at radius 2 is 1.94 bits per heavy atom. The maximum absolute atomic E-state index is 12.8. The highest BCUT2D eigenvalue weighted by atomic mass is 32.1. The molecule has 1 aromatic rings. The summed E-state index contributed by atoms with van der Waals surface area (Å²) in [6.07, 6.45) is 0.419. The van der Waals surface area contributed by atoms with Gasteiger partial charge in [0.2, 0.25) is 5.91 Å². The minimum atomic E-state index is -0.247. The van der Waals surface area contributed by atoms with Gasteiger partial charge in [0.25, 0.3) is 0 Å². The van der Waals surface area contributed by atoms with Crippen LogP contribution in [0.5, 0.6) is 0 Å². The van der Waals surface area contributed by atoms with Crippen molar-refractivity contribution in [1.29, 1.82) is 0 Å². The van der Waals surface area contributed by atoms with Gasteiger partial charge < -0.3 is 5.32 Å². The molecule has 1 amide bonds. The van der Waals surface area contributed by atoms with Gasteiger partial charge in [-0.2, -0.15) is 12.6 Å². The van der Waals surface area contributed by atoms with Gasteiger partial charge >= 0.3 is 0 Å². The number of hydrogen-bond acceptors (Lipinski definition) is 2. The zero-order chi connectivity index (χ0) is 12.9. The minimum Gasteiger partial charge on any atom is -0.355 e. The van der Waals surface area contributed by atoms with Crippen molar-refractivity contribution >= 4 is 18.5 Å². The van der Waals surface area contributed by atoms with Crippen molar-refractivity contribution in [3.63, 3.8) is 0 Å². The normalized spacial score (nSPS) is 11.3. The van der Waals surface area contributed by atoms with Crippen LogP contribution in [-0.2, 0) is 10.2 Å². The second kappa shape index (κ2) is 6.05. The first-order chi connectivity index (χ1) is 7.95. The van der Waals surface area contributed by atoms with E-state index in [0.717, 1.165) is 5.56 Å². The molecule has 0 fully saturated rings. The van der Waals surface area contributed by atoms with Crippen LogP contribution < -0.4 is 5.32 Å². The van der Waals surface area contributed by atoms with E-state index in [9.17, 15) is 9.18 Å². The number of amides is 1. The van der Waals surface area contributed by atoms with Gasteiger partial charge in [0.1, 0.15) is 5.82 Å². The maximum atomic E-state index is 12.8. The summed E-state index contributed by atoms with van der Waals surface area (Å²) in [4.78, 5) is 11.4. The first-order valence-corrected chi connectivity index (χ1v) is 6.22. The third-order valence-corrected chi connectivity index (χ3v) is 2.92. The highest BCUT2D eigenvalue weighted by Crippen LogP contribution is 2.22. The summed E-state index contributed by atoms with van der Waals surface area (Å²) in [7, 11) is 0. The number of carbonyl (C=O) groups is 1. The number of rotatable bonds is 5. The van der Waals surface area contributed by atoms with Crippen LogP contribution >= 0.6 is 12.6 Å². The molecule has 0 aliphatic carbocycles. The van der Waals surface area contributed by atoms with E-state index in [2.05, 4.69) is 17.9 Å². The van der Waals surface area contributed by atoms with Crippen LogP contribution in [0.3, 0.4) is 0 Å². The molecule has 1 N–H and O–H groups in total. The molecule has 0 bridgehead atoms. The fraction of sp³-hybridized carbons (Fsp3) is 0.462. The van der Waals surface area contributed by atoms with E-state index in [1.165, 1.54) is 12.1 Å². The Bertz CT molecular complexity index is 376. The molecule has 17 heavy (non-hydrogen) atoms. The van der Waals surface area contributed by atoms with E-state index >= 15 is 0 Å². The van der Waals surface area contributed by atoms with Gasteiger partial charge in [-0.05, 0) is 23.4 Å². The number of hydrogen-bond donors (Lipinski definition) is 2. The van der Waals surface area contributed by atoms with Gasteiger partial charge in [-0.25, -0.2) is 4.39 Å². The minimum absolute atomic E-state index is 0.00446. The van der Waals surface area contributed by atoms with Gasteiger partial charge in [-0.1, -0.05) is 26.0 Å². The van der Waals surface area contributed by atoms with Crippen LogP contribution in [0.15, 0.2) is 24.3 Å². The molecule has 0 atom stereocenters. The topological polar surface area (TPSA) is 29.1 Å². The first kappa shape index (κ1) is 14.0. The molecule has 4 heteroatoms. The molecule has 0 aliphatic rings. The Hall–Kier alpha value is -1.03. The number of halogens is 1. The van der Waals surface area contributed by atoms with Crippen molar-refractivity contribution in [2.75, 3.05) is 12.3 Å². The smallest absolute Gasteiger partial charge is 0.220 e. The molecule has 0 unspecified atom stereocenters. The average molecular weight is 255 g/mol. The van der Waals surface area contributed by atoms with Crippen molar-refractivity contribution in [2.45, 2.75) is 25.7 Å². The van der Waals surface area contributed by atoms with Crippen LogP contribution in [-0.4, -0.2) is 18.2 Å². The summed E-state index contributed by atoms with van der Waals surface area (Å²) in [6, 6.07) is 6.37. The molecule has 0 aliphatic heterocycles. The molecule has 1 aromatic carbocycles. The van der Waals surface area contributed by atoms with Crippen LogP contribution in [0.25, 0.3) is 0 Å². The number of nitrogens with one attached hydrogen (secondary N) is 1. The molecule has 0 saturated carbocycles. The second-order valence-electron chi connectivity index (χ2n) is 4.64. The highest BCUT2D eigenvalue weighted by Gasteiger charge is 2.21. The van der Waals surface area contributed by atoms with Gasteiger partial charge in [0.05, 0.1) is 0 Å². The van der Waals surface area contributed by atoms with E-state index in [4.69, 9.17) is 0 Å². The number of carbonyl (C=O) groups excluding carboxylic acids is 1. The van der Waals surface area contributed by atoms with Crippen molar-refractivity contribution in [3.05, 3.63) is 35.6 Å². The van der Waals surface area contributed by atoms with Gasteiger partial charge in [-0.3, -0.25) is 4.79 Å². The lowest BCUT2D eigenvalue weighted by atomic mass is 9.84. The van der Waals surface area contributed by atoms with Gasteiger partial charge in [-0.15, -0.1) is 0 Å². The standard InChI is InChI=1S/C13H18FNOS/c1-13(2,9-15-12(16)7-8-17)10-3-5-11(14)6-4-10/h3-6,17H,7-9H2,1-2H3,(H,15,16). The summed E-state index contributed by atoms with van der Waals surface area (Å²) in [5.74, 6) is 0.293. The summed E-state index contributed by atoms with van der Waals surface area (Å²) in [6.45, 7) is 4.56. The molecule has 0 aromatic heterocycles. The molecular weight excluding hydrogens is 237 g/mol. The average Bonchev–Trinajstić information content (AvgIpc) is 2.28. The lowest BCUT2D eigenvalue weighted by Crippen LogP contribution is -2.36. The Morgan fingerprint density at radius 1 is 1.35 bits per heavy atom.